The zero-order valence-electron chi connectivity index (χ0n) is 15.5. The summed E-state index contributed by atoms with van der Waals surface area (Å²) in [7, 11) is 0. The minimum atomic E-state index is -0.0249. The van der Waals surface area contributed by atoms with Gasteiger partial charge < -0.3 is 0 Å². The lowest BCUT2D eigenvalue weighted by molar-refractivity contribution is 0.815. The van der Waals surface area contributed by atoms with Crippen LogP contribution in [0, 0.1) is 18.3 Å². The first kappa shape index (κ1) is 17.3. The molecule has 0 saturated carbocycles. The Hall–Kier alpha value is -3.76. The van der Waals surface area contributed by atoms with Crippen molar-refractivity contribution in [2.24, 2.45) is 0 Å². The molecule has 0 aliphatic carbocycles. The summed E-state index contributed by atoms with van der Waals surface area (Å²) in [5.41, 5.74) is 5.34. The van der Waals surface area contributed by atoms with Crippen LogP contribution in [-0.2, 0) is 6.54 Å². The number of pyridine rings is 1. The number of fused-ring (bicyclic) bond motifs is 2. The number of hydrogen-bond donors (Lipinski definition) is 0. The lowest BCUT2D eigenvalue weighted by Gasteiger charge is -2.09. The van der Waals surface area contributed by atoms with Gasteiger partial charge in [-0.15, -0.1) is 0 Å². The number of imidazole rings is 1. The molecular weight excluding hydrogens is 382 g/mol. The molecule has 0 aliphatic rings. The molecule has 0 fully saturated rings. The second-order valence-corrected chi connectivity index (χ2v) is 7.77. The standard InChI is InChI=1S/C22H15N5OS/c1-14-25-18-12-24-9-8-19(18)27(14)17-5-2-15(3-6-17)13-26-20-7-4-16(11-23)10-21(20)29-22(26)28/h2-10,12H,13H2,1H3. The fourth-order valence-electron chi connectivity index (χ4n) is 3.60. The summed E-state index contributed by atoms with van der Waals surface area (Å²) in [6, 6.07) is 17.6. The van der Waals surface area contributed by atoms with Crippen LogP contribution in [0.2, 0.25) is 0 Å². The third kappa shape index (κ3) is 2.91. The summed E-state index contributed by atoms with van der Waals surface area (Å²) in [4.78, 5) is 21.1. The molecule has 5 aromatic rings. The van der Waals surface area contributed by atoms with E-state index in [2.05, 4.69) is 20.6 Å². The second-order valence-electron chi connectivity index (χ2n) is 6.77. The molecule has 2 aromatic carbocycles. The van der Waals surface area contributed by atoms with Crippen LogP contribution in [0.25, 0.3) is 26.9 Å². The zero-order valence-corrected chi connectivity index (χ0v) is 16.3. The highest BCUT2D eigenvalue weighted by Crippen LogP contribution is 2.22. The van der Waals surface area contributed by atoms with Gasteiger partial charge in [-0.25, -0.2) is 4.98 Å². The Morgan fingerprint density at radius 1 is 1.10 bits per heavy atom. The van der Waals surface area contributed by atoms with Gasteiger partial charge >= 0.3 is 4.87 Å². The molecule has 29 heavy (non-hydrogen) atoms. The molecule has 0 aliphatic heterocycles. The molecule has 7 heteroatoms. The van der Waals surface area contributed by atoms with Crippen molar-refractivity contribution in [3.05, 3.63) is 87.5 Å². The van der Waals surface area contributed by atoms with E-state index < -0.39 is 0 Å². The lowest BCUT2D eigenvalue weighted by atomic mass is 10.2. The maximum Gasteiger partial charge on any atom is 0.308 e. The third-order valence-electron chi connectivity index (χ3n) is 4.96. The molecule has 0 atom stereocenters. The van der Waals surface area contributed by atoms with Gasteiger partial charge in [0.2, 0.25) is 0 Å². The SMILES string of the molecule is Cc1nc2cnccc2n1-c1ccc(Cn2c(=O)sc3cc(C#N)ccc32)cc1. The van der Waals surface area contributed by atoms with Crippen LogP contribution < -0.4 is 4.87 Å². The van der Waals surface area contributed by atoms with Crippen molar-refractivity contribution in [2.75, 3.05) is 0 Å². The van der Waals surface area contributed by atoms with E-state index in [0.29, 0.717) is 12.1 Å². The molecule has 140 valence electrons. The normalized spacial score (nSPS) is 11.2. The van der Waals surface area contributed by atoms with Gasteiger partial charge in [-0.3, -0.25) is 18.9 Å². The number of rotatable bonds is 3. The third-order valence-corrected chi connectivity index (χ3v) is 5.90. The number of benzene rings is 2. The van der Waals surface area contributed by atoms with E-state index in [1.165, 1.54) is 11.3 Å². The summed E-state index contributed by atoms with van der Waals surface area (Å²) in [5, 5.41) is 9.06. The Bertz CT molecular complexity index is 1470. The molecule has 0 spiro atoms. The van der Waals surface area contributed by atoms with Crippen molar-refractivity contribution in [1.82, 2.24) is 19.1 Å². The van der Waals surface area contributed by atoms with Crippen LogP contribution in [0.1, 0.15) is 17.0 Å². The highest BCUT2D eigenvalue weighted by Gasteiger charge is 2.11. The van der Waals surface area contributed by atoms with Crippen molar-refractivity contribution in [3.8, 4) is 11.8 Å². The number of aryl methyl sites for hydroxylation is 1. The monoisotopic (exact) mass is 397 g/mol. The second kappa shape index (κ2) is 6.69. The maximum atomic E-state index is 12.5. The lowest BCUT2D eigenvalue weighted by Crippen LogP contribution is -2.13. The van der Waals surface area contributed by atoms with Crippen LogP contribution in [0.4, 0.5) is 0 Å². The van der Waals surface area contributed by atoms with Crippen LogP contribution in [0.5, 0.6) is 0 Å². The Kier molecular flexibility index (Phi) is 4.00. The summed E-state index contributed by atoms with van der Waals surface area (Å²) in [5.74, 6) is 0.897. The highest BCUT2D eigenvalue weighted by atomic mass is 32.1. The summed E-state index contributed by atoms with van der Waals surface area (Å²) in [6.45, 7) is 2.46. The van der Waals surface area contributed by atoms with E-state index in [1.54, 1.807) is 29.1 Å². The van der Waals surface area contributed by atoms with E-state index in [-0.39, 0.29) is 4.87 Å². The fourth-order valence-corrected chi connectivity index (χ4v) is 4.53. The molecule has 6 nitrogen and oxygen atoms in total. The molecule has 3 aromatic heterocycles. The van der Waals surface area contributed by atoms with Crippen molar-refractivity contribution in [3.63, 3.8) is 0 Å². The molecule has 0 unspecified atom stereocenters. The first-order chi connectivity index (χ1) is 14.1. The van der Waals surface area contributed by atoms with Crippen LogP contribution in [-0.4, -0.2) is 19.1 Å². The van der Waals surface area contributed by atoms with Crippen molar-refractivity contribution < 1.29 is 0 Å². The maximum absolute atomic E-state index is 12.5. The average Bonchev–Trinajstić information content (AvgIpc) is 3.23. The topological polar surface area (TPSA) is 76.5 Å². The van der Waals surface area contributed by atoms with Gasteiger partial charge in [0, 0.05) is 11.9 Å². The number of hydrogen-bond acceptors (Lipinski definition) is 5. The van der Waals surface area contributed by atoms with Gasteiger partial charge in [0.25, 0.3) is 0 Å². The van der Waals surface area contributed by atoms with Gasteiger partial charge in [-0.2, -0.15) is 5.26 Å². The Morgan fingerprint density at radius 3 is 2.72 bits per heavy atom. The van der Waals surface area contributed by atoms with E-state index in [1.807, 2.05) is 43.3 Å². The summed E-state index contributed by atoms with van der Waals surface area (Å²) < 4.78 is 4.68. The van der Waals surface area contributed by atoms with Crippen LogP contribution in [0.3, 0.4) is 0 Å². The average molecular weight is 397 g/mol. The van der Waals surface area contributed by atoms with Crippen LogP contribution in [0.15, 0.2) is 65.7 Å². The Labute approximate surface area is 169 Å². The predicted octanol–water partition coefficient (Wildman–Crippen LogP) is 4.03. The first-order valence-corrected chi connectivity index (χ1v) is 9.87. The quantitative estimate of drug-likeness (QED) is 0.461. The van der Waals surface area contributed by atoms with Crippen molar-refractivity contribution in [2.45, 2.75) is 13.5 Å². The van der Waals surface area contributed by atoms with E-state index in [0.717, 1.165) is 38.3 Å². The first-order valence-electron chi connectivity index (χ1n) is 9.06. The van der Waals surface area contributed by atoms with E-state index in [4.69, 9.17) is 5.26 Å². The Morgan fingerprint density at radius 2 is 1.93 bits per heavy atom. The van der Waals surface area contributed by atoms with Gasteiger partial charge in [-0.1, -0.05) is 23.5 Å². The molecule has 0 bridgehead atoms. The molecule has 5 rings (SSSR count). The summed E-state index contributed by atoms with van der Waals surface area (Å²) in [6.07, 6.45) is 3.53. The van der Waals surface area contributed by atoms with Gasteiger partial charge in [0.1, 0.15) is 11.3 Å². The zero-order chi connectivity index (χ0) is 20.0. The summed E-state index contributed by atoms with van der Waals surface area (Å²) >= 11 is 1.17. The molecule has 0 N–H and O–H groups in total. The minimum absolute atomic E-state index is 0.0249. The van der Waals surface area contributed by atoms with Gasteiger partial charge in [0.15, 0.2) is 0 Å². The van der Waals surface area contributed by atoms with Crippen molar-refractivity contribution >= 4 is 32.6 Å². The number of nitriles is 1. The van der Waals surface area contributed by atoms with Gasteiger partial charge in [-0.05, 0) is 48.9 Å². The predicted molar refractivity (Wildman–Crippen MR) is 114 cm³/mol. The smallest absolute Gasteiger partial charge is 0.296 e. The number of aromatic nitrogens is 4. The van der Waals surface area contributed by atoms with E-state index >= 15 is 0 Å². The van der Waals surface area contributed by atoms with E-state index in [9.17, 15) is 4.79 Å². The van der Waals surface area contributed by atoms with Crippen molar-refractivity contribution in [1.29, 1.82) is 5.26 Å². The molecule has 0 radical (unpaired) electrons. The molecule has 3 heterocycles. The number of nitrogens with zero attached hydrogens (tertiary/aromatic N) is 5. The van der Waals surface area contributed by atoms with Crippen LogP contribution >= 0.6 is 11.3 Å². The van der Waals surface area contributed by atoms with Gasteiger partial charge in [0.05, 0.1) is 40.1 Å². The molecular formula is C22H15N5OS. The Balaban J connectivity index is 1.51. The molecule has 0 amide bonds. The number of thiazole rings is 1. The minimum Gasteiger partial charge on any atom is -0.296 e. The molecule has 0 saturated heterocycles. The highest BCUT2D eigenvalue weighted by molar-refractivity contribution is 7.16. The fraction of sp³-hybridized carbons (Fsp3) is 0.0909. The largest absolute Gasteiger partial charge is 0.308 e.